The van der Waals surface area contributed by atoms with Crippen molar-refractivity contribution in [2.75, 3.05) is 0 Å². The van der Waals surface area contributed by atoms with Crippen molar-refractivity contribution < 1.29 is 9.59 Å². The second-order valence-electron chi connectivity index (χ2n) is 17.6. The maximum absolute atomic E-state index is 14.4. The van der Waals surface area contributed by atoms with Crippen LogP contribution in [0.15, 0.2) is 0 Å². The molecule has 11 fully saturated rings. The summed E-state index contributed by atoms with van der Waals surface area (Å²) < 4.78 is 0. The second kappa shape index (κ2) is 9.22. The Hall–Kier alpha value is -1.06. The average molecular weight is 547 g/mol. The highest BCUT2D eigenvalue weighted by atomic mass is 16.2. The Morgan fingerprint density at radius 3 is 0.925 bits per heavy atom. The SMILES string of the molecule is O=C(NC1C2CCCCC2C(NC(=O)C23CC4CC(CC(C4)C2)C3)C2CCCCC21)C12CC3CC(CC(C3)C1)C2. The van der Waals surface area contributed by atoms with E-state index in [1.165, 1.54) is 128 Å². The van der Waals surface area contributed by atoms with Crippen LogP contribution in [0.25, 0.3) is 0 Å². The zero-order chi connectivity index (χ0) is 26.6. The van der Waals surface area contributed by atoms with Crippen molar-refractivity contribution in [1.82, 2.24) is 10.6 Å². The molecule has 0 aromatic carbocycles. The molecule has 0 spiro atoms. The molecule has 2 N–H and O–H groups in total. The van der Waals surface area contributed by atoms with E-state index in [0.29, 0.717) is 47.6 Å². The molecule has 0 aromatic heterocycles. The fourth-order valence-corrected chi connectivity index (χ4v) is 14.6. The van der Waals surface area contributed by atoms with Gasteiger partial charge in [-0.1, -0.05) is 25.7 Å². The second-order valence-corrected chi connectivity index (χ2v) is 17.6. The summed E-state index contributed by atoms with van der Waals surface area (Å²) in [4.78, 5) is 28.7. The topological polar surface area (TPSA) is 58.2 Å². The van der Waals surface area contributed by atoms with Gasteiger partial charge in [-0.2, -0.15) is 0 Å². The van der Waals surface area contributed by atoms with Gasteiger partial charge in [-0.05, 0) is 162 Å². The van der Waals surface area contributed by atoms with Crippen molar-refractivity contribution in [1.29, 1.82) is 0 Å². The van der Waals surface area contributed by atoms with Crippen LogP contribution < -0.4 is 10.6 Å². The molecule has 4 heteroatoms. The molecular formula is C36H54N2O2. The molecule has 0 aromatic rings. The van der Waals surface area contributed by atoms with Crippen molar-refractivity contribution in [3.63, 3.8) is 0 Å². The van der Waals surface area contributed by atoms with Crippen molar-refractivity contribution >= 4 is 11.8 Å². The van der Waals surface area contributed by atoms with Crippen molar-refractivity contribution in [3.05, 3.63) is 0 Å². The van der Waals surface area contributed by atoms with Gasteiger partial charge in [0.1, 0.15) is 0 Å². The number of hydrogen-bond acceptors (Lipinski definition) is 2. The van der Waals surface area contributed by atoms with Crippen LogP contribution in [-0.2, 0) is 9.59 Å². The van der Waals surface area contributed by atoms with E-state index in [2.05, 4.69) is 10.6 Å². The monoisotopic (exact) mass is 546 g/mol. The fraction of sp³-hybridized carbons (Fsp3) is 0.944. The lowest BCUT2D eigenvalue weighted by atomic mass is 9.49. The van der Waals surface area contributed by atoms with E-state index in [-0.39, 0.29) is 10.8 Å². The summed E-state index contributed by atoms with van der Waals surface area (Å²) >= 11 is 0. The van der Waals surface area contributed by atoms with Gasteiger partial charge >= 0.3 is 0 Å². The van der Waals surface area contributed by atoms with Gasteiger partial charge in [0.2, 0.25) is 11.8 Å². The van der Waals surface area contributed by atoms with Crippen LogP contribution in [0.4, 0.5) is 0 Å². The summed E-state index contributed by atoms with van der Waals surface area (Å²) in [6.45, 7) is 0. The van der Waals surface area contributed by atoms with Gasteiger partial charge in [0.15, 0.2) is 0 Å². The lowest BCUT2D eigenvalue weighted by Crippen LogP contribution is -2.67. The molecule has 4 unspecified atom stereocenters. The lowest BCUT2D eigenvalue weighted by Gasteiger charge is -2.59. The smallest absolute Gasteiger partial charge is 0.226 e. The first-order valence-electron chi connectivity index (χ1n) is 18.1. The van der Waals surface area contributed by atoms with E-state index in [4.69, 9.17) is 0 Å². The standard InChI is InChI=1S/C36H54N2O2/c39-33(35-15-21-9-22(16-35)11-23(10-21)17-35)37-31-27-5-1-2-6-28(27)32(30-8-4-3-7-29(30)31)38-34(40)36-18-24-12-25(19-36)14-26(13-24)20-36/h21-32H,1-20H2,(H,37,39)(H,38,40). The van der Waals surface area contributed by atoms with Crippen LogP contribution in [0.5, 0.6) is 0 Å². The Morgan fingerprint density at radius 2 is 0.675 bits per heavy atom. The molecule has 0 radical (unpaired) electrons. The van der Waals surface area contributed by atoms with E-state index in [9.17, 15) is 9.59 Å². The lowest BCUT2D eigenvalue weighted by molar-refractivity contribution is -0.153. The van der Waals surface area contributed by atoms with Crippen molar-refractivity contribution in [2.45, 2.75) is 141 Å². The molecule has 4 nitrogen and oxygen atoms in total. The van der Waals surface area contributed by atoms with Crippen LogP contribution >= 0.6 is 0 Å². The summed E-state index contributed by atoms with van der Waals surface area (Å²) in [5.74, 6) is 8.07. The Labute approximate surface area is 242 Å². The number of carbonyl (C=O) groups is 2. The predicted molar refractivity (Wildman–Crippen MR) is 156 cm³/mol. The molecular weight excluding hydrogens is 492 g/mol. The molecule has 11 aliphatic rings. The van der Waals surface area contributed by atoms with E-state index >= 15 is 0 Å². The van der Waals surface area contributed by atoms with Crippen LogP contribution in [0.2, 0.25) is 0 Å². The van der Waals surface area contributed by atoms with Gasteiger partial charge in [0, 0.05) is 22.9 Å². The normalized spacial score (nSPS) is 55.4. The molecule has 11 saturated carbocycles. The molecule has 4 atom stereocenters. The highest BCUT2D eigenvalue weighted by Gasteiger charge is 2.59. The Morgan fingerprint density at radius 1 is 0.425 bits per heavy atom. The van der Waals surface area contributed by atoms with E-state index in [1.54, 1.807) is 0 Å². The molecule has 2 amide bonds. The number of amides is 2. The van der Waals surface area contributed by atoms with E-state index in [1.807, 2.05) is 0 Å². The summed E-state index contributed by atoms with van der Waals surface area (Å²) in [5.41, 5.74) is -0.0979. The third kappa shape index (κ3) is 3.88. The van der Waals surface area contributed by atoms with E-state index in [0.717, 1.165) is 35.5 Å². The molecule has 0 saturated heterocycles. The van der Waals surface area contributed by atoms with Gasteiger partial charge in [-0.25, -0.2) is 0 Å². The number of hydrogen-bond donors (Lipinski definition) is 2. The Bertz CT molecular complexity index is 873. The first-order chi connectivity index (χ1) is 19.5. The molecule has 0 heterocycles. The quantitative estimate of drug-likeness (QED) is 0.398. The summed E-state index contributed by atoms with van der Waals surface area (Å²) in [6, 6.07) is 0.701. The zero-order valence-electron chi connectivity index (χ0n) is 24.9. The summed E-state index contributed by atoms with van der Waals surface area (Å²) in [7, 11) is 0. The van der Waals surface area contributed by atoms with Crippen molar-refractivity contribution in [2.24, 2.45) is 70.0 Å². The number of fused-ring (bicyclic) bond motifs is 2. The van der Waals surface area contributed by atoms with Gasteiger partial charge in [-0.3, -0.25) is 9.59 Å². The largest absolute Gasteiger partial charge is 0.352 e. The maximum atomic E-state index is 14.4. The minimum Gasteiger partial charge on any atom is -0.352 e. The first-order valence-corrected chi connectivity index (χ1v) is 18.1. The molecule has 220 valence electrons. The number of rotatable bonds is 4. The maximum Gasteiger partial charge on any atom is 0.226 e. The number of nitrogens with one attached hydrogen (secondary N) is 2. The summed E-state index contributed by atoms with van der Waals surface area (Å²) in [5, 5.41) is 7.81. The average Bonchev–Trinajstić information content (AvgIpc) is 2.93. The Balaban J connectivity index is 0.981. The third-order valence-corrected chi connectivity index (χ3v) is 15.2. The van der Waals surface area contributed by atoms with Gasteiger partial charge in [0.25, 0.3) is 0 Å². The molecule has 40 heavy (non-hydrogen) atoms. The molecule has 11 rings (SSSR count). The highest BCUT2D eigenvalue weighted by Crippen LogP contribution is 2.62. The van der Waals surface area contributed by atoms with Crippen molar-refractivity contribution in [3.8, 4) is 0 Å². The van der Waals surface area contributed by atoms with Gasteiger partial charge in [0.05, 0.1) is 0 Å². The first kappa shape index (κ1) is 25.4. The minimum atomic E-state index is -0.0490. The number of carbonyl (C=O) groups excluding carboxylic acids is 2. The Kier molecular flexibility index (Phi) is 5.86. The van der Waals surface area contributed by atoms with Gasteiger partial charge in [-0.15, -0.1) is 0 Å². The molecule has 0 aliphatic heterocycles. The van der Waals surface area contributed by atoms with Crippen LogP contribution in [0.3, 0.4) is 0 Å². The minimum absolute atomic E-state index is 0.0490. The zero-order valence-corrected chi connectivity index (χ0v) is 24.9. The highest BCUT2D eigenvalue weighted by molar-refractivity contribution is 5.84. The molecule has 8 bridgehead atoms. The van der Waals surface area contributed by atoms with Crippen LogP contribution in [0.1, 0.15) is 128 Å². The van der Waals surface area contributed by atoms with Crippen LogP contribution in [-0.4, -0.2) is 23.9 Å². The van der Waals surface area contributed by atoms with Gasteiger partial charge < -0.3 is 10.6 Å². The summed E-state index contributed by atoms with van der Waals surface area (Å²) in [6.07, 6.45) is 25.6. The predicted octanol–water partition coefficient (Wildman–Crippen LogP) is 7.02. The molecule has 11 aliphatic carbocycles. The van der Waals surface area contributed by atoms with Crippen LogP contribution in [0, 0.1) is 70.0 Å². The fourth-order valence-electron chi connectivity index (χ4n) is 14.6. The van der Waals surface area contributed by atoms with E-state index < -0.39 is 0 Å². The third-order valence-electron chi connectivity index (χ3n) is 15.2.